The lowest BCUT2D eigenvalue weighted by Gasteiger charge is -2.38. The van der Waals surface area contributed by atoms with Gasteiger partial charge in [0.15, 0.2) is 0 Å². The summed E-state index contributed by atoms with van der Waals surface area (Å²) in [5.41, 5.74) is 6.01. The van der Waals surface area contributed by atoms with E-state index < -0.39 is 17.8 Å². The molecule has 0 bridgehead atoms. The number of carbonyl (C=O) groups excluding carboxylic acids is 2. The lowest BCUT2D eigenvalue weighted by molar-refractivity contribution is -0.140. The highest BCUT2D eigenvalue weighted by molar-refractivity contribution is 6.12. The molecule has 2 aliphatic rings. The molecule has 0 spiro atoms. The van der Waals surface area contributed by atoms with Gasteiger partial charge >= 0.3 is 5.97 Å². The van der Waals surface area contributed by atoms with Gasteiger partial charge in [0.2, 0.25) is 0 Å². The first-order valence-electron chi connectivity index (χ1n) is 12.7. The van der Waals surface area contributed by atoms with Gasteiger partial charge in [0, 0.05) is 23.7 Å². The monoisotopic (exact) mass is 493 g/mol. The Morgan fingerprint density at radius 3 is 2.22 bits per heavy atom. The summed E-state index contributed by atoms with van der Waals surface area (Å²) in [7, 11) is 1.64. The van der Waals surface area contributed by atoms with Gasteiger partial charge in [0.05, 0.1) is 18.6 Å². The van der Waals surface area contributed by atoms with Crippen LogP contribution in [0.3, 0.4) is 0 Å². The number of ether oxygens (including phenoxy) is 2. The van der Waals surface area contributed by atoms with Crippen molar-refractivity contribution in [3.8, 4) is 5.75 Å². The van der Waals surface area contributed by atoms with Gasteiger partial charge in [0.25, 0.3) is 0 Å². The molecular weight excluding hydrogens is 462 g/mol. The van der Waals surface area contributed by atoms with Crippen LogP contribution in [0.25, 0.3) is 0 Å². The van der Waals surface area contributed by atoms with E-state index >= 15 is 0 Å². The minimum atomic E-state index is -0.472. The van der Waals surface area contributed by atoms with E-state index in [1.165, 1.54) is 0 Å². The number of carbonyl (C=O) groups is 2. The van der Waals surface area contributed by atoms with Gasteiger partial charge in [0.1, 0.15) is 18.1 Å². The van der Waals surface area contributed by atoms with E-state index in [0.717, 1.165) is 33.7 Å². The Morgan fingerprint density at radius 1 is 0.865 bits per heavy atom. The summed E-state index contributed by atoms with van der Waals surface area (Å²) in [5.74, 6) is -0.361. The molecule has 1 heterocycles. The first-order chi connectivity index (χ1) is 17.9. The molecule has 5 rings (SSSR count). The van der Waals surface area contributed by atoms with E-state index in [4.69, 9.17) is 14.5 Å². The lowest BCUT2D eigenvalue weighted by Crippen LogP contribution is -2.41. The molecule has 37 heavy (non-hydrogen) atoms. The molecule has 5 nitrogen and oxygen atoms in total. The zero-order valence-electron chi connectivity index (χ0n) is 21.4. The van der Waals surface area contributed by atoms with Crippen LogP contribution in [0.1, 0.15) is 53.9 Å². The highest BCUT2D eigenvalue weighted by atomic mass is 16.5. The average molecular weight is 494 g/mol. The molecule has 1 saturated carbocycles. The third-order valence-corrected chi connectivity index (χ3v) is 7.41. The third kappa shape index (κ3) is 5.12. The second-order valence-electron chi connectivity index (χ2n) is 9.87. The number of hydrogen-bond donors (Lipinski definition) is 0. The molecule has 0 N–H and O–H groups in total. The number of aryl methyl sites for hydroxylation is 1. The Bertz CT molecular complexity index is 1350. The SMILES string of the molecule is COc1ccc([C@@H]2CC(=O)C3C(=NC(C)=C(C(=O)OCc4ccccc4)[C@@H]3c3ccc(C)cc3)C2)cc1. The van der Waals surface area contributed by atoms with Gasteiger partial charge in [-0.2, -0.15) is 0 Å². The largest absolute Gasteiger partial charge is 0.497 e. The van der Waals surface area contributed by atoms with E-state index in [9.17, 15) is 9.59 Å². The second kappa shape index (κ2) is 10.6. The molecule has 0 radical (unpaired) electrons. The van der Waals surface area contributed by atoms with Gasteiger partial charge in [-0.25, -0.2) is 4.79 Å². The minimum absolute atomic E-state index is 0.0476. The van der Waals surface area contributed by atoms with E-state index in [-0.39, 0.29) is 18.3 Å². The van der Waals surface area contributed by atoms with Gasteiger partial charge < -0.3 is 9.47 Å². The number of Topliss-reactive ketones (excluding diaryl/α,β-unsaturated/α-hetero) is 1. The number of hydrogen-bond acceptors (Lipinski definition) is 5. The lowest BCUT2D eigenvalue weighted by atomic mass is 9.66. The van der Waals surface area contributed by atoms with Crippen molar-refractivity contribution in [2.24, 2.45) is 10.9 Å². The van der Waals surface area contributed by atoms with Crippen LogP contribution in [0.4, 0.5) is 0 Å². The molecule has 1 aliphatic heterocycles. The molecule has 5 heteroatoms. The number of aliphatic imine (C=N–C) groups is 1. The molecule has 1 fully saturated rings. The Morgan fingerprint density at radius 2 is 1.54 bits per heavy atom. The Hall–Kier alpha value is -3.99. The van der Waals surface area contributed by atoms with Crippen LogP contribution in [-0.2, 0) is 20.9 Å². The van der Waals surface area contributed by atoms with Crippen molar-refractivity contribution in [3.63, 3.8) is 0 Å². The smallest absolute Gasteiger partial charge is 0.336 e. The molecular formula is C32H31NO4. The van der Waals surface area contributed by atoms with Crippen LogP contribution < -0.4 is 4.74 Å². The van der Waals surface area contributed by atoms with Crippen molar-refractivity contribution >= 4 is 17.5 Å². The van der Waals surface area contributed by atoms with Gasteiger partial charge in [-0.05, 0) is 55.0 Å². The van der Waals surface area contributed by atoms with E-state index in [2.05, 4.69) is 0 Å². The van der Waals surface area contributed by atoms with Gasteiger partial charge in [-0.1, -0.05) is 72.3 Å². The number of allylic oxidation sites excluding steroid dienone is 1. The molecule has 0 saturated heterocycles. The molecule has 3 aromatic carbocycles. The molecule has 0 amide bonds. The highest BCUT2D eigenvalue weighted by Crippen LogP contribution is 2.46. The number of methoxy groups -OCH3 is 1. The van der Waals surface area contributed by atoms with Crippen LogP contribution in [0.5, 0.6) is 5.75 Å². The van der Waals surface area contributed by atoms with Crippen molar-refractivity contribution in [2.75, 3.05) is 7.11 Å². The number of benzene rings is 3. The van der Waals surface area contributed by atoms with Crippen LogP contribution in [-0.4, -0.2) is 24.6 Å². The summed E-state index contributed by atoms with van der Waals surface area (Å²) >= 11 is 0. The first-order valence-corrected chi connectivity index (χ1v) is 12.7. The third-order valence-electron chi connectivity index (χ3n) is 7.41. The zero-order chi connectivity index (χ0) is 25.9. The number of fused-ring (bicyclic) bond motifs is 1. The van der Waals surface area contributed by atoms with Gasteiger partial charge in [-0.3, -0.25) is 9.79 Å². The van der Waals surface area contributed by atoms with Gasteiger partial charge in [-0.15, -0.1) is 0 Å². The summed E-state index contributed by atoms with van der Waals surface area (Å²) in [6.07, 6.45) is 1.08. The average Bonchev–Trinajstić information content (AvgIpc) is 2.92. The van der Waals surface area contributed by atoms with Crippen molar-refractivity contribution < 1.29 is 19.1 Å². The number of esters is 1. The maximum atomic E-state index is 13.8. The van der Waals surface area contributed by atoms with Crippen LogP contribution in [0, 0.1) is 12.8 Å². The topological polar surface area (TPSA) is 65.0 Å². The standard InChI is InChI=1S/C32H31NO4/c1-20-9-11-24(12-10-20)30-29(32(35)37-19-22-7-5-4-6-8-22)21(2)33-27-17-25(18-28(34)31(27)30)23-13-15-26(36-3)16-14-23/h4-16,25,30-31H,17-19H2,1-3H3/t25-,30-,31?/m0/s1. The summed E-state index contributed by atoms with van der Waals surface area (Å²) in [4.78, 5) is 32.1. The number of ketones is 1. The fraction of sp³-hybridized carbons (Fsp3) is 0.281. The predicted octanol–water partition coefficient (Wildman–Crippen LogP) is 6.32. The number of rotatable bonds is 6. The summed E-state index contributed by atoms with van der Waals surface area (Å²) < 4.78 is 11.0. The quantitative estimate of drug-likeness (QED) is 0.377. The molecule has 1 unspecified atom stereocenters. The molecule has 188 valence electrons. The zero-order valence-corrected chi connectivity index (χ0v) is 21.4. The molecule has 3 aromatic rings. The Kier molecular flexibility index (Phi) is 7.04. The summed E-state index contributed by atoms with van der Waals surface area (Å²) in [6, 6.07) is 25.6. The van der Waals surface area contributed by atoms with Crippen molar-refractivity contribution in [1.29, 1.82) is 0 Å². The highest BCUT2D eigenvalue weighted by Gasteiger charge is 2.46. The van der Waals surface area contributed by atoms with E-state index in [0.29, 0.717) is 24.1 Å². The summed E-state index contributed by atoms with van der Waals surface area (Å²) in [6.45, 7) is 4.05. The van der Waals surface area contributed by atoms with Crippen LogP contribution >= 0.6 is 0 Å². The van der Waals surface area contributed by atoms with E-state index in [1.807, 2.05) is 92.7 Å². The number of nitrogens with zero attached hydrogens (tertiary/aromatic N) is 1. The van der Waals surface area contributed by atoms with Crippen molar-refractivity contribution in [3.05, 3.63) is 112 Å². The maximum Gasteiger partial charge on any atom is 0.336 e. The second-order valence-corrected chi connectivity index (χ2v) is 9.87. The van der Waals surface area contributed by atoms with Crippen molar-refractivity contribution in [1.82, 2.24) is 0 Å². The maximum absolute atomic E-state index is 13.8. The Labute approximate surface area is 217 Å². The summed E-state index contributed by atoms with van der Waals surface area (Å²) in [5, 5.41) is 0. The van der Waals surface area contributed by atoms with E-state index in [1.54, 1.807) is 7.11 Å². The predicted molar refractivity (Wildman–Crippen MR) is 144 cm³/mol. The molecule has 1 aliphatic carbocycles. The fourth-order valence-corrected chi connectivity index (χ4v) is 5.49. The minimum Gasteiger partial charge on any atom is -0.497 e. The molecule has 3 atom stereocenters. The van der Waals surface area contributed by atoms with Crippen LogP contribution in [0.2, 0.25) is 0 Å². The Balaban J connectivity index is 1.50. The van der Waals surface area contributed by atoms with Crippen molar-refractivity contribution in [2.45, 2.75) is 45.1 Å². The fourth-order valence-electron chi connectivity index (χ4n) is 5.49. The normalized spacial score (nSPS) is 21.2. The molecule has 0 aromatic heterocycles. The van der Waals surface area contributed by atoms with Crippen LogP contribution in [0.15, 0.2) is 95.1 Å². The first kappa shape index (κ1) is 24.7.